The fraction of sp³-hybridized carbons (Fsp3) is 1.00. The second kappa shape index (κ2) is 4.34. The minimum Gasteiger partial charge on any atom is -0.330 e. The van der Waals surface area contributed by atoms with Crippen LogP contribution in [0.15, 0.2) is 0 Å². The van der Waals surface area contributed by atoms with Gasteiger partial charge in [0.05, 0.1) is 0 Å². The minimum atomic E-state index is 0.877. The highest BCUT2D eigenvalue weighted by Crippen LogP contribution is 2.06. The summed E-state index contributed by atoms with van der Waals surface area (Å²) >= 11 is 0. The van der Waals surface area contributed by atoms with E-state index in [0.717, 1.165) is 12.1 Å². The van der Waals surface area contributed by atoms with Crippen molar-refractivity contribution in [2.75, 3.05) is 6.54 Å². The van der Waals surface area contributed by atoms with Crippen LogP contribution in [-0.4, -0.2) is 16.8 Å². The maximum absolute atomic E-state index is 5.33. The van der Waals surface area contributed by atoms with Crippen LogP contribution >= 0.6 is 0 Å². The highest BCUT2D eigenvalue weighted by Gasteiger charge is 1.92. The van der Waals surface area contributed by atoms with Gasteiger partial charge in [0.25, 0.3) is 0 Å². The molecule has 0 aromatic carbocycles. The van der Waals surface area contributed by atoms with Gasteiger partial charge in [0.15, 0.2) is 0 Å². The Bertz CT molecular complexity index is 39.1. The molecule has 0 radical (unpaired) electrons. The zero-order chi connectivity index (χ0) is 5.70. The monoisotopic (exact) mass is 117 g/mol. The molecule has 0 aliphatic rings. The lowest BCUT2D eigenvalue weighted by Crippen LogP contribution is -2.02. The van der Waals surface area contributed by atoms with E-state index in [1.54, 1.807) is 0 Å². The van der Waals surface area contributed by atoms with Crippen LogP contribution in [0.3, 0.4) is 0 Å². The Morgan fingerprint density at radius 1 is 1.71 bits per heavy atom. The Labute approximate surface area is 48.7 Å². The first-order valence-electron chi connectivity index (χ1n) is 3.01. The molecule has 0 rings (SSSR count). The molecule has 0 aromatic rings. The smallest absolute Gasteiger partial charge is 0.00677 e. The molecule has 1 atom stereocenters. The third-order valence-corrected chi connectivity index (χ3v) is 2.75. The zero-order valence-electron chi connectivity index (χ0n) is 5.28. The molecule has 0 saturated carbocycles. The first-order valence-corrected chi connectivity index (χ1v) is 4.16. The summed E-state index contributed by atoms with van der Waals surface area (Å²) in [7, 11) is 1.32. The first kappa shape index (κ1) is 7.18. The summed E-state index contributed by atoms with van der Waals surface area (Å²) in [5.74, 6) is 0. The number of rotatable bonds is 3. The molecule has 1 unspecified atom stereocenters. The van der Waals surface area contributed by atoms with E-state index < -0.39 is 0 Å². The standard InChI is InChI=1S/C5H15NSi/c1-2-5(7)3-4-6/h5H,2-4,6H2,1,7H3. The lowest BCUT2D eigenvalue weighted by Gasteiger charge is -2.02. The van der Waals surface area contributed by atoms with E-state index in [1.807, 2.05) is 0 Å². The predicted octanol–water partition coefficient (Wildman–Crippen LogP) is -0.101. The van der Waals surface area contributed by atoms with Gasteiger partial charge < -0.3 is 5.73 Å². The van der Waals surface area contributed by atoms with Crippen molar-refractivity contribution >= 4 is 10.2 Å². The van der Waals surface area contributed by atoms with E-state index >= 15 is 0 Å². The Hall–Kier alpha value is 0.177. The number of nitrogens with two attached hydrogens (primary N) is 1. The van der Waals surface area contributed by atoms with E-state index in [4.69, 9.17) is 5.73 Å². The van der Waals surface area contributed by atoms with Crippen molar-refractivity contribution in [2.24, 2.45) is 5.73 Å². The molecule has 0 saturated heterocycles. The average Bonchev–Trinajstić information content (AvgIpc) is 1.68. The summed E-state index contributed by atoms with van der Waals surface area (Å²) in [6.45, 7) is 3.11. The molecule has 0 bridgehead atoms. The lowest BCUT2D eigenvalue weighted by molar-refractivity contribution is 0.725. The minimum absolute atomic E-state index is 0.877. The molecule has 44 valence electrons. The van der Waals surface area contributed by atoms with E-state index in [-0.39, 0.29) is 0 Å². The molecule has 0 amide bonds. The molecular weight excluding hydrogens is 102 g/mol. The Morgan fingerprint density at radius 3 is 2.43 bits per heavy atom. The summed E-state index contributed by atoms with van der Waals surface area (Å²) in [6.07, 6.45) is 2.56. The molecule has 0 heterocycles. The average molecular weight is 117 g/mol. The van der Waals surface area contributed by atoms with Gasteiger partial charge in [-0.1, -0.05) is 18.9 Å². The van der Waals surface area contributed by atoms with Crippen molar-refractivity contribution in [1.82, 2.24) is 0 Å². The van der Waals surface area contributed by atoms with Crippen LogP contribution in [0.4, 0.5) is 0 Å². The highest BCUT2D eigenvalue weighted by atomic mass is 28.1. The van der Waals surface area contributed by atoms with Gasteiger partial charge >= 0.3 is 0 Å². The molecular formula is C5H15NSi. The predicted molar refractivity (Wildman–Crippen MR) is 37.7 cm³/mol. The van der Waals surface area contributed by atoms with Gasteiger partial charge in [-0.3, -0.25) is 0 Å². The van der Waals surface area contributed by atoms with Crippen LogP contribution in [-0.2, 0) is 0 Å². The summed E-state index contributed by atoms with van der Waals surface area (Å²) in [4.78, 5) is 0. The van der Waals surface area contributed by atoms with Gasteiger partial charge in [0.1, 0.15) is 0 Å². The summed E-state index contributed by atoms with van der Waals surface area (Å²) in [5, 5.41) is 0. The molecule has 2 heteroatoms. The fourth-order valence-electron chi connectivity index (χ4n) is 0.489. The van der Waals surface area contributed by atoms with Gasteiger partial charge in [-0.15, -0.1) is 0 Å². The molecule has 0 spiro atoms. The van der Waals surface area contributed by atoms with E-state index in [9.17, 15) is 0 Å². The van der Waals surface area contributed by atoms with Crippen molar-refractivity contribution in [3.8, 4) is 0 Å². The SMILES string of the molecule is CCC([SiH3])CCN. The molecule has 7 heavy (non-hydrogen) atoms. The largest absolute Gasteiger partial charge is 0.330 e. The van der Waals surface area contributed by atoms with Crippen LogP contribution in [0.2, 0.25) is 5.54 Å². The second-order valence-electron chi connectivity index (χ2n) is 2.09. The van der Waals surface area contributed by atoms with Crippen LogP contribution in [0.25, 0.3) is 0 Å². The van der Waals surface area contributed by atoms with Crippen molar-refractivity contribution in [3.05, 3.63) is 0 Å². The topological polar surface area (TPSA) is 26.0 Å². The number of hydrogen-bond acceptors (Lipinski definition) is 1. The molecule has 0 aliphatic carbocycles. The van der Waals surface area contributed by atoms with Gasteiger partial charge in [0.2, 0.25) is 0 Å². The quantitative estimate of drug-likeness (QED) is 0.513. The zero-order valence-corrected chi connectivity index (χ0v) is 7.28. The molecule has 0 fully saturated rings. The Kier molecular flexibility index (Phi) is 4.45. The third-order valence-electron chi connectivity index (χ3n) is 1.36. The molecule has 1 nitrogen and oxygen atoms in total. The van der Waals surface area contributed by atoms with Crippen LogP contribution in [0, 0.1) is 0 Å². The van der Waals surface area contributed by atoms with Crippen molar-refractivity contribution < 1.29 is 0 Å². The van der Waals surface area contributed by atoms with E-state index in [2.05, 4.69) is 6.92 Å². The normalized spacial score (nSPS) is 14.6. The summed E-state index contributed by atoms with van der Waals surface area (Å²) in [6, 6.07) is 0. The van der Waals surface area contributed by atoms with Crippen molar-refractivity contribution in [1.29, 1.82) is 0 Å². The van der Waals surface area contributed by atoms with Crippen molar-refractivity contribution in [3.63, 3.8) is 0 Å². The van der Waals surface area contributed by atoms with Gasteiger partial charge in [-0.25, -0.2) is 0 Å². The van der Waals surface area contributed by atoms with Crippen LogP contribution in [0.5, 0.6) is 0 Å². The number of hydrogen-bond donors (Lipinski definition) is 1. The van der Waals surface area contributed by atoms with Crippen LogP contribution in [0.1, 0.15) is 19.8 Å². The summed E-state index contributed by atoms with van der Waals surface area (Å²) in [5.41, 5.74) is 6.29. The second-order valence-corrected chi connectivity index (χ2v) is 3.72. The lowest BCUT2D eigenvalue weighted by atomic mass is 10.2. The fourth-order valence-corrected chi connectivity index (χ4v) is 0.822. The van der Waals surface area contributed by atoms with Gasteiger partial charge in [-0.05, 0) is 13.0 Å². The molecule has 0 aliphatic heterocycles. The maximum atomic E-state index is 5.33. The Morgan fingerprint density at radius 2 is 2.29 bits per heavy atom. The van der Waals surface area contributed by atoms with Gasteiger partial charge in [-0.2, -0.15) is 0 Å². The van der Waals surface area contributed by atoms with Crippen LogP contribution < -0.4 is 5.73 Å². The van der Waals surface area contributed by atoms with Gasteiger partial charge in [0, 0.05) is 10.2 Å². The highest BCUT2D eigenvalue weighted by molar-refractivity contribution is 6.11. The maximum Gasteiger partial charge on any atom is 0.00677 e. The van der Waals surface area contributed by atoms with E-state index in [0.29, 0.717) is 0 Å². The molecule has 2 N–H and O–H groups in total. The third kappa shape index (κ3) is 4.02. The van der Waals surface area contributed by atoms with E-state index in [1.165, 1.54) is 23.1 Å². The molecule has 0 aromatic heterocycles. The Balaban J connectivity index is 2.83. The first-order chi connectivity index (χ1) is 3.31. The van der Waals surface area contributed by atoms with Crippen molar-refractivity contribution in [2.45, 2.75) is 25.3 Å². The summed E-state index contributed by atoms with van der Waals surface area (Å²) < 4.78 is 0.